The fraction of sp³-hybridized carbons (Fsp3) is 0.818. The van der Waals surface area contributed by atoms with Crippen LogP contribution in [0.5, 0.6) is 0 Å². The van der Waals surface area contributed by atoms with Crippen LogP contribution in [0.2, 0.25) is 0 Å². The molecule has 2 saturated heterocycles. The van der Waals surface area contributed by atoms with Gasteiger partial charge in [-0.1, -0.05) is 0 Å². The van der Waals surface area contributed by atoms with Crippen LogP contribution in [0.25, 0.3) is 0 Å². The van der Waals surface area contributed by atoms with Crippen LogP contribution in [0, 0.1) is 5.92 Å². The number of likely N-dealkylation sites (tertiary alicyclic amines) is 1. The summed E-state index contributed by atoms with van der Waals surface area (Å²) in [4.78, 5) is 25.3. The van der Waals surface area contributed by atoms with Gasteiger partial charge in [-0.2, -0.15) is 0 Å². The van der Waals surface area contributed by atoms with Crippen LogP contribution in [0.1, 0.15) is 25.7 Å². The minimum atomic E-state index is 0.0237. The number of carbonyl (C=O) groups excluding carboxylic acids is 2. The third-order valence-electron chi connectivity index (χ3n) is 3.52. The molecule has 2 heterocycles. The molecule has 2 fully saturated rings. The van der Waals surface area contributed by atoms with Gasteiger partial charge in [0.25, 0.3) is 0 Å². The molecule has 0 aromatic rings. The maximum Gasteiger partial charge on any atom is 0.225 e. The molecule has 2 rings (SSSR count). The quantitative estimate of drug-likeness (QED) is 0.677. The first-order valence-electron chi connectivity index (χ1n) is 6.01. The normalized spacial score (nSPS) is 28.8. The van der Waals surface area contributed by atoms with Crippen LogP contribution in [-0.2, 0) is 9.59 Å². The van der Waals surface area contributed by atoms with Crippen molar-refractivity contribution in [2.24, 2.45) is 11.7 Å². The lowest BCUT2D eigenvalue weighted by molar-refractivity contribution is -0.136. The summed E-state index contributed by atoms with van der Waals surface area (Å²) in [6, 6.07) is 0.0894. The van der Waals surface area contributed by atoms with Gasteiger partial charge < -0.3 is 16.0 Å². The maximum absolute atomic E-state index is 11.9. The number of rotatable bonds is 3. The number of piperidine rings is 1. The van der Waals surface area contributed by atoms with E-state index in [0.717, 1.165) is 25.8 Å². The van der Waals surface area contributed by atoms with Crippen molar-refractivity contribution in [3.05, 3.63) is 0 Å². The number of nitrogens with one attached hydrogen (secondary N) is 1. The van der Waals surface area contributed by atoms with Gasteiger partial charge in [0, 0.05) is 19.5 Å². The number of fused-ring (bicyclic) bond motifs is 1. The predicted molar refractivity (Wildman–Crippen MR) is 59.5 cm³/mol. The summed E-state index contributed by atoms with van der Waals surface area (Å²) in [5.74, 6) is 0.286. The van der Waals surface area contributed by atoms with Crippen molar-refractivity contribution in [3.8, 4) is 0 Å². The first kappa shape index (κ1) is 11.4. The van der Waals surface area contributed by atoms with Gasteiger partial charge in [-0.3, -0.25) is 9.59 Å². The van der Waals surface area contributed by atoms with Crippen LogP contribution in [0.3, 0.4) is 0 Å². The molecule has 2 amide bonds. The molecule has 0 aromatic heterocycles. The zero-order valence-electron chi connectivity index (χ0n) is 9.45. The third-order valence-corrected chi connectivity index (χ3v) is 3.52. The Morgan fingerprint density at radius 1 is 1.56 bits per heavy atom. The van der Waals surface area contributed by atoms with Gasteiger partial charge in [0.15, 0.2) is 0 Å². The number of nitrogens with two attached hydrogens (primary N) is 1. The smallest absolute Gasteiger partial charge is 0.225 e. The Kier molecular flexibility index (Phi) is 3.43. The molecule has 2 aliphatic rings. The monoisotopic (exact) mass is 225 g/mol. The lowest BCUT2D eigenvalue weighted by Gasteiger charge is -2.36. The summed E-state index contributed by atoms with van der Waals surface area (Å²) in [5.41, 5.74) is 5.40. The lowest BCUT2D eigenvalue weighted by atomic mass is 9.91. The van der Waals surface area contributed by atoms with Crippen molar-refractivity contribution in [2.75, 3.05) is 19.6 Å². The van der Waals surface area contributed by atoms with Gasteiger partial charge in [-0.05, 0) is 25.8 Å². The minimum Gasteiger partial charge on any atom is -0.354 e. The highest BCUT2D eigenvalue weighted by molar-refractivity contribution is 5.84. The first-order valence-corrected chi connectivity index (χ1v) is 6.01. The molecule has 3 N–H and O–H groups in total. The highest BCUT2D eigenvalue weighted by atomic mass is 16.2. The summed E-state index contributed by atoms with van der Waals surface area (Å²) < 4.78 is 0. The van der Waals surface area contributed by atoms with Gasteiger partial charge >= 0.3 is 0 Å². The van der Waals surface area contributed by atoms with Gasteiger partial charge in [-0.25, -0.2) is 0 Å². The highest BCUT2D eigenvalue weighted by Gasteiger charge is 2.42. The molecule has 0 saturated carbocycles. The van der Waals surface area contributed by atoms with E-state index in [2.05, 4.69) is 5.32 Å². The Labute approximate surface area is 95.3 Å². The second-order valence-corrected chi connectivity index (χ2v) is 4.54. The van der Waals surface area contributed by atoms with Gasteiger partial charge in [0.05, 0.1) is 12.0 Å². The molecular weight excluding hydrogens is 206 g/mol. The van der Waals surface area contributed by atoms with E-state index in [1.54, 1.807) is 0 Å². The molecule has 2 unspecified atom stereocenters. The van der Waals surface area contributed by atoms with E-state index in [1.165, 1.54) is 0 Å². The molecule has 90 valence electrons. The zero-order chi connectivity index (χ0) is 11.5. The molecule has 0 aromatic carbocycles. The maximum atomic E-state index is 11.9. The third kappa shape index (κ3) is 2.04. The van der Waals surface area contributed by atoms with Crippen LogP contribution >= 0.6 is 0 Å². The van der Waals surface area contributed by atoms with Crippen molar-refractivity contribution < 1.29 is 9.59 Å². The fourth-order valence-electron chi connectivity index (χ4n) is 2.66. The SMILES string of the molecule is NCCCC(=O)N1CCCC2C(=O)NCC21. The molecule has 2 aliphatic heterocycles. The summed E-state index contributed by atoms with van der Waals surface area (Å²) in [6.07, 6.45) is 3.09. The van der Waals surface area contributed by atoms with Gasteiger partial charge in [0.1, 0.15) is 0 Å². The van der Waals surface area contributed by atoms with E-state index >= 15 is 0 Å². The van der Waals surface area contributed by atoms with Crippen LogP contribution in [0.4, 0.5) is 0 Å². The largest absolute Gasteiger partial charge is 0.354 e. The average molecular weight is 225 g/mol. The highest BCUT2D eigenvalue weighted by Crippen LogP contribution is 2.27. The topological polar surface area (TPSA) is 75.4 Å². The molecule has 0 bridgehead atoms. The van der Waals surface area contributed by atoms with E-state index in [0.29, 0.717) is 19.5 Å². The number of carbonyl (C=O) groups is 2. The standard InChI is InChI=1S/C11H19N3O2/c12-5-1-4-10(15)14-6-2-3-8-9(14)7-13-11(8)16/h8-9H,1-7,12H2,(H,13,16). The zero-order valence-corrected chi connectivity index (χ0v) is 9.45. The van der Waals surface area contributed by atoms with Crippen molar-refractivity contribution in [2.45, 2.75) is 31.7 Å². The van der Waals surface area contributed by atoms with Gasteiger partial charge in [-0.15, -0.1) is 0 Å². The number of hydrogen-bond donors (Lipinski definition) is 2. The Balaban J connectivity index is 1.98. The van der Waals surface area contributed by atoms with E-state index in [-0.39, 0.29) is 23.8 Å². The molecule has 2 atom stereocenters. The van der Waals surface area contributed by atoms with Crippen molar-refractivity contribution in [1.29, 1.82) is 0 Å². The minimum absolute atomic E-state index is 0.0237. The fourth-order valence-corrected chi connectivity index (χ4v) is 2.66. The Morgan fingerprint density at radius 2 is 2.38 bits per heavy atom. The van der Waals surface area contributed by atoms with Crippen LogP contribution < -0.4 is 11.1 Å². The Morgan fingerprint density at radius 3 is 3.12 bits per heavy atom. The molecule has 0 spiro atoms. The summed E-state index contributed by atoms with van der Waals surface area (Å²) in [7, 11) is 0. The molecule has 0 aliphatic carbocycles. The Bertz CT molecular complexity index is 293. The number of hydrogen-bond acceptors (Lipinski definition) is 3. The number of nitrogens with zero attached hydrogens (tertiary/aromatic N) is 1. The van der Waals surface area contributed by atoms with Crippen LogP contribution in [0.15, 0.2) is 0 Å². The van der Waals surface area contributed by atoms with E-state index in [4.69, 9.17) is 5.73 Å². The Hall–Kier alpha value is -1.10. The van der Waals surface area contributed by atoms with E-state index < -0.39 is 0 Å². The van der Waals surface area contributed by atoms with Crippen LogP contribution in [-0.4, -0.2) is 42.4 Å². The summed E-state index contributed by atoms with van der Waals surface area (Å²) in [6.45, 7) is 1.96. The van der Waals surface area contributed by atoms with E-state index in [1.807, 2.05) is 4.90 Å². The van der Waals surface area contributed by atoms with Crippen molar-refractivity contribution in [1.82, 2.24) is 10.2 Å². The molecule has 16 heavy (non-hydrogen) atoms. The summed E-state index contributed by atoms with van der Waals surface area (Å²) in [5, 5.41) is 2.84. The first-order chi connectivity index (χ1) is 7.74. The molecule has 5 heteroatoms. The second-order valence-electron chi connectivity index (χ2n) is 4.54. The number of amides is 2. The van der Waals surface area contributed by atoms with Gasteiger partial charge in [0.2, 0.25) is 11.8 Å². The average Bonchev–Trinajstić information content (AvgIpc) is 2.68. The van der Waals surface area contributed by atoms with E-state index in [9.17, 15) is 9.59 Å². The summed E-state index contributed by atoms with van der Waals surface area (Å²) >= 11 is 0. The van der Waals surface area contributed by atoms with Crippen molar-refractivity contribution in [3.63, 3.8) is 0 Å². The molecular formula is C11H19N3O2. The molecule has 5 nitrogen and oxygen atoms in total. The predicted octanol–water partition coefficient (Wildman–Crippen LogP) is -0.538. The second kappa shape index (κ2) is 4.82. The molecule has 0 radical (unpaired) electrons. The van der Waals surface area contributed by atoms with Crippen molar-refractivity contribution >= 4 is 11.8 Å². The lowest BCUT2D eigenvalue weighted by Crippen LogP contribution is -2.48.